The molecule has 0 aromatic heterocycles. The van der Waals surface area contributed by atoms with Crippen molar-refractivity contribution >= 4 is 27.5 Å². The van der Waals surface area contributed by atoms with E-state index in [0.29, 0.717) is 0 Å². The zero-order chi connectivity index (χ0) is 16.0. The lowest BCUT2D eigenvalue weighted by Gasteiger charge is -2.37. The Bertz CT molecular complexity index is 445. The summed E-state index contributed by atoms with van der Waals surface area (Å²) in [5.41, 5.74) is 1.22. The maximum Gasteiger partial charge on any atom is 0.0775 e. The first-order valence-corrected chi connectivity index (χ1v) is 8.66. The molecule has 0 amide bonds. The van der Waals surface area contributed by atoms with E-state index in [1.807, 2.05) is 12.1 Å². The molecule has 2 unspecified atom stereocenters. The third kappa shape index (κ3) is 5.90. The predicted molar refractivity (Wildman–Crippen MR) is 95.2 cm³/mol. The van der Waals surface area contributed by atoms with Crippen LogP contribution in [-0.4, -0.2) is 25.8 Å². The molecule has 0 saturated carbocycles. The zero-order valence-electron chi connectivity index (χ0n) is 13.7. The van der Waals surface area contributed by atoms with Gasteiger partial charge in [0.25, 0.3) is 0 Å². The summed E-state index contributed by atoms with van der Waals surface area (Å²) < 4.78 is 6.80. The number of hydrogen-bond acceptors (Lipinski definition) is 2. The van der Waals surface area contributed by atoms with Gasteiger partial charge in [-0.05, 0) is 42.5 Å². The van der Waals surface area contributed by atoms with Crippen molar-refractivity contribution in [2.24, 2.45) is 5.41 Å². The quantitative estimate of drug-likeness (QED) is 0.717. The standard InChI is InChI=1S/C17H27BrClNO/c1-6-9-20-15(16(21-5)17(2,3)4)10-12-7-8-13(18)11-14(12)19/h7-8,11,15-16,20H,6,9-10H2,1-5H3. The third-order valence-electron chi connectivity index (χ3n) is 3.58. The van der Waals surface area contributed by atoms with Crippen molar-refractivity contribution < 1.29 is 4.74 Å². The highest BCUT2D eigenvalue weighted by molar-refractivity contribution is 9.10. The summed E-state index contributed by atoms with van der Waals surface area (Å²) in [4.78, 5) is 0. The number of rotatable bonds is 7. The van der Waals surface area contributed by atoms with Gasteiger partial charge in [-0.3, -0.25) is 0 Å². The first kappa shape index (κ1) is 19.0. The Hall–Kier alpha value is -0.0900. The van der Waals surface area contributed by atoms with Crippen molar-refractivity contribution in [1.29, 1.82) is 0 Å². The molecule has 0 bridgehead atoms. The molecule has 1 aromatic carbocycles. The maximum atomic E-state index is 6.37. The fourth-order valence-electron chi connectivity index (χ4n) is 2.66. The molecule has 0 spiro atoms. The lowest BCUT2D eigenvalue weighted by atomic mass is 9.82. The molecule has 21 heavy (non-hydrogen) atoms. The Labute approximate surface area is 142 Å². The van der Waals surface area contributed by atoms with Gasteiger partial charge in [0, 0.05) is 22.6 Å². The van der Waals surface area contributed by atoms with Crippen LogP contribution in [-0.2, 0) is 11.2 Å². The second-order valence-corrected chi connectivity index (χ2v) is 7.85. The average molecular weight is 377 g/mol. The van der Waals surface area contributed by atoms with E-state index in [1.54, 1.807) is 7.11 Å². The molecule has 2 nitrogen and oxygen atoms in total. The van der Waals surface area contributed by atoms with Crippen LogP contribution in [0.25, 0.3) is 0 Å². The molecule has 1 rings (SSSR count). The number of nitrogens with one attached hydrogen (secondary N) is 1. The van der Waals surface area contributed by atoms with Gasteiger partial charge in [0.1, 0.15) is 0 Å². The van der Waals surface area contributed by atoms with Gasteiger partial charge >= 0.3 is 0 Å². The van der Waals surface area contributed by atoms with Crippen LogP contribution >= 0.6 is 27.5 Å². The molecule has 4 heteroatoms. The summed E-state index contributed by atoms with van der Waals surface area (Å²) in [5.74, 6) is 0. The second kappa shape index (κ2) is 8.52. The van der Waals surface area contributed by atoms with Gasteiger partial charge in [0.05, 0.1) is 6.10 Å². The Morgan fingerprint density at radius 2 is 2.00 bits per heavy atom. The first-order valence-electron chi connectivity index (χ1n) is 7.49. The molecular weight excluding hydrogens is 350 g/mol. The molecule has 0 aliphatic rings. The zero-order valence-corrected chi connectivity index (χ0v) is 16.0. The molecule has 0 aliphatic heterocycles. The molecule has 120 valence electrons. The molecule has 2 atom stereocenters. The van der Waals surface area contributed by atoms with E-state index >= 15 is 0 Å². The Balaban J connectivity index is 2.96. The molecule has 0 saturated heterocycles. The van der Waals surface area contributed by atoms with Crippen molar-refractivity contribution in [2.75, 3.05) is 13.7 Å². The summed E-state index contributed by atoms with van der Waals surface area (Å²) in [6.45, 7) is 9.80. The molecule has 1 aromatic rings. The van der Waals surface area contributed by atoms with Gasteiger partial charge in [-0.2, -0.15) is 0 Å². The van der Waals surface area contributed by atoms with E-state index in [1.165, 1.54) is 0 Å². The van der Waals surface area contributed by atoms with Crippen LogP contribution in [0.5, 0.6) is 0 Å². The average Bonchev–Trinajstić information content (AvgIpc) is 2.37. The second-order valence-electron chi connectivity index (χ2n) is 6.52. The lowest BCUT2D eigenvalue weighted by Crippen LogP contribution is -2.49. The molecule has 0 fully saturated rings. The fourth-order valence-corrected chi connectivity index (χ4v) is 3.41. The van der Waals surface area contributed by atoms with Crippen LogP contribution in [0.15, 0.2) is 22.7 Å². The monoisotopic (exact) mass is 375 g/mol. The van der Waals surface area contributed by atoms with Gasteiger partial charge in [-0.1, -0.05) is 61.3 Å². The molecule has 0 heterocycles. The van der Waals surface area contributed by atoms with Crippen molar-refractivity contribution in [3.05, 3.63) is 33.3 Å². The molecule has 0 aliphatic carbocycles. The largest absolute Gasteiger partial charge is 0.379 e. The summed E-state index contributed by atoms with van der Waals surface area (Å²) in [7, 11) is 1.79. The van der Waals surface area contributed by atoms with Crippen LogP contribution in [0.1, 0.15) is 39.7 Å². The van der Waals surface area contributed by atoms with Crippen molar-refractivity contribution in [3.8, 4) is 0 Å². The van der Waals surface area contributed by atoms with E-state index < -0.39 is 0 Å². The van der Waals surface area contributed by atoms with Gasteiger partial charge in [-0.15, -0.1) is 0 Å². The lowest BCUT2D eigenvalue weighted by molar-refractivity contribution is -0.0109. The SMILES string of the molecule is CCCNC(Cc1ccc(Br)cc1Cl)C(OC)C(C)(C)C. The number of hydrogen-bond donors (Lipinski definition) is 1. The van der Waals surface area contributed by atoms with Gasteiger partial charge in [0.15, 0.2) is 0 Å². The van der Waals surface area contributed by atoms with Crippen LogP contribution < -0.4 is 5.32 Å². The van der Waals surface area contributed by atoms with Crippen LogP contribution in [0.2, 0.25) is 5.02 Å². The summed E-state index contributed by atoms with van der Waals surface area (Å²) >= 11 is 9.83. The topological polar surface area (TPSA) is 21.3 Å². The van der Waals surface area contributed by atoms with E-state index in [0.717, 1.165) is 34.4 Å². The van der Waals surface area contributed by atoms with E-state index in [9.17, 15) is 0 Å². The van der Waals surface area contributed by atoms with Gasteiger partial charge in [-0.25, -0.2) is 0 Å². The Morgan fingerprint density at radius 3 is 2.48 bits per heavy atom. The highest BCUT2D eigenvalue weighted by atomic mass is 79.9. The highest BCUT2D eigenvalue weighted by Gasteiger charge is 2.32. The number of methoxy groups -OCH3 is 1. The number of ether oxygens (including phenoxy) is 1. The van der Waals surface area contributed by atoms with Crippen LogP contribution in [0.3, 0.4) is 0 Å². The molecule has 0 radical (unpaired) electrons. The smallest absolute Gasteiger partial charge is 0.0775 e. The summed E-state index contributed by atoms with van der Waals surface area (Å²) in [5, 5.41) is 4.42. The Kier molecular flexibility index (Phi) is 7.69. The fraction of sp³-hybridized carbons (Fsp3) is 0.647. The minimum Gasteiger partial charge on any atom is -0.379 e. The highest BCUT2D eigenvalue weighted by Crippen LogP contribution is 2.29. The van der Waals surface area contributed by atoms with Crippen LogP contribution in [0, 0.1) is 5.41 Å². The van der Waals surface area contributed by atoms with E-state index in [4.69, 9.17) is 16.3 Å². The molecular formula is C17H27BrClNO. The normalized spacial score (nSPS) is 15.0. The Morgan fingerprint density at radius 1 is 1.33 bits per heavy atom. The van der Waals surface area contributed by atoms with Gasteiger partial charge < -0.3 is 10.1 Å². The third-order valence-corrected chi connectivity index (χ3v) is 4.43. The minimum absolute atomic E-state index is 0.0714. The van der Waals surface area contributed by atoms with E-state index in [2.05, 4.69) is 55.0 Å². The van der Waals surface area contributed by atoms with Crippen molar-refractivity contribution in [3.63, 3.8) is 0 Å². The van der Waals surface area contributed by atoms with Crippen molar-refractivity contribution in [1.82, 2.24) is 5.32 Å². The predicted octanol–water partition coefficient (Wildman–Crippen LogP) is 5.07. The minimum atomic E-state index is 0.0714. The first-order chi connectivity index (χ1) is 9.79. The maximum absolute atomic E-state index is 6.37. The molecule has 1 N–H and O–H groups in total. The van der Waals surface area contributed by atoms with Gasteiger partial charge in [0.2, 0.25) is 0 Å². The van der Waals surface area contributed by atoms with Crippen molar-refractivity contribution in [2.45, 2.75) is 52.7 Å². The number of benzene rings is 1. The number of halogens is 2. The van der Waals surface area contributed by atoms with E-state index in [-0.39, 0.29) is 17.6 Å². The summed E-state index contributed by atoms with van der Waals surface area (Å²) in [6.07, 6.45) is 2.09. The summed E-state index contributed by atoms with van der Waals surface area (Å²) in [6, 6.07) is 6.32. The van der Waals surface area contributed by atoms with Crippen LogP contribution in [0.4, 0.5) is 0 Å².